The number of carbonyl (C=O) groups is 1. The van der Waals surface area contributed by atoms with E-state index in [1.165, 1.54) is 24.1 Å². The molecule has 5 nitrogen and oxygen atoms in total. The first kappa shape index (κ1) is 21.3. The summed E-state index contributed by atoms with van der Waals surface area (Å²) in [6, 6.07) is 6.28. The van der Waals surface area contributed by atoms with E-state index in [1.54, 1.807) is 25.1 Å². The van der Waals surface area contributed by atoms with Gasteiger partial charge in [-0.25, -0.2) is 8.42 Å². The van der Waals surface area contributed by atoms with Crippen LogP contribution in [0.2, 0.25) is 0 Å². The van der Waals surface area contributed by atoms with Gasteiger partial charge in [0.25, 0.3) is 0 Å². The Labute approximate surface area is 167 Å². The lowest BCUT2D eigenvalue weighted by Gasteiger charge is -2.25. The number of rotatable bonds is 4. The second kappa shape index (κ2) is 7.46. The minimum absolute atomic E-state index is 0.195. The van der Waals surface area contributed by atoms with Gasteiger partial charge in [0.15, 0.2) is 15.6 Å². The number of hydrogen-bond donors (Lipinski definition) is 0. The molecule has 0 fully saturated rings. The van der Waals surface area contributed by atoms with E-state index in [0.29, 0.717) is 11.3 Å². The van der Waals surface area contributed by atoms with Crippen molar-refractivity contribution < 1.29 is 31.2 Å². The van der Waals surface area contributed by atoms with Gasteiger partial charge in [-0.15, -0.1) is 0 Å². The lowest BCUT2D eigenvalue weighted by atomic mass is 9.87. The maximum atomic E-state index is 13.1. The molecule has 0 saturated carbocycles. The Hall–Kier alpha value is -2.39. The third-order valence-electron chi connectivity index (χ3n) is 4.74. The van der Waals surface area contributed by atoms with Crippen LogP contribution in [-0.4, -0.2) is 37.8 Å². The average Bonchev–Trinajstić information content (AvgIpc) is 2.93. The molecule has 2 unspecified atom stereocenters. The third-order valence-corrected chi connectivity index (χ3v) is 5.86. The standard InChI is InChI=1S/C20H19F3NO4S/c1-12-8-18(25)17(20(21,22)23)10-16(12)19-9-13(2)24(28-19)11-14-4-6-15(7-5-14)29(3,26)27/h4-7,9-10,17,19H,11H2,1-3H3. The van der Waals surface area contributed by atoms with Crippen molar-refractivity contribution in [3.63, 3.8) is 0 Å². The van der Waals surface area contributed by atoms with Crippen LogP contribution in [0.1, 0.15) is 19.4 Å². The van der Waals surface area contributed by atoms with E-state index in [4.69, 9.17) is 4.84 Å². The van der Waals surface area contributed by atoms with Gasteiger partial charge >= 0.3 is 6.18 Å². The smallest absolute Gasteiger partial charge is 0.293 e. The van der Waals surface area contributed by atoms with Crippen molar-refractivity contribution in [1.29, 1.82) is 0 Å². The topological polar surface area (TPSA) is 63.7 Å². The maximum Gasteiger partial charge on any atom is 0.402 e. The first-order valence-corrected chi connectivity index (χ1v) is 10.6. The number of hydrogen-bond acceptors (Lipinski definition) is 5. The Bertz CT molecular complexity index is 1020. The Morgan fingerprint density at radius 2 is 1.76 bits per heavy atom. The number of halogens is 3. The fraction of sp³-hybridized carbons (Fsp3) is 0.350. The van der Waals surface area contributed by atoms with Gasteiger partial charge < -0.3 is 0 Å². The predicted molar refractivity (Wildman–Crippen MR) is 98.8 cm³/mol. The molecule has 1 aromatic carbocycles. The molecule has 29 heavy (non-hydrogen) atoms. The molecule has 1 heterocycles. The van der Waals surface area contributed by atoms with Crippen LogP contribution in [0.15, 0.2) is 58.2 Å². The Morgan fingerprint density at radius 1 is 1.14 bits per heavy atom. The molecule has 0 N–H and O–H groups in total. The van der Waals surface area contributed by atoms with Crippen LogP contribution < -0.4 is 0 Å². The molecule has 3 rings (SSSR count). The van der Waals surface area contributed by atoms with Crippen molar-refractivity contribution in [1.82, 2.24) is 5.06 Å². The molecule has 1 aliphatic carbocycles. The summed E-state index contributed by atoms with van der Waals surface area (Å²) < 4.78 is 62.4. The number of alkyl halides is 3. The zero-order valence-electron chi connectivity index (χ0n) is 15.9. The van der Waals surface area contributed by atoms with Gasteiger partial charge in [0.1, 0.15) is 12.0 Å². The maximum absolute atomic E-state index is 13.1. The molecule has 1 aromatic rings. The van der Waals surface area contributed by atoms with Crippen LogP contribution in [0.25, 0.3) is 0 Å². The van der Waals surface area contributed by atoms with Crippen LogP contribution in [0, 0.1) is 12.0 Å². The molecule has 1 aliphatic heterocycles. The van der Waals surface area contributed by atoms with Crippen LogP contribution in [0.3, 0.4) is 0 Å². The van der Waals surface area contributed by atoms with Crippen LogP contribution >= 0.6 is 0 Å². The van der Waals surface area contributed by atoms with Gasteiger partial charge in [-0.1, -0.05) is 18.2 Å². The summed E-state index contributed by atoms with van der Waals surface area (Å²) in [6.07, 6.45) is 0.499. The van der Waals surface area contributed by atoms with E-state index in [9.17, 15) is 26.4 Å². The molecule has 9 heteroatoms. The van der Waals surface area contributed by atoms with Crippen molar-refractivity contribution in [2.24, 2.45) is 5.92 Å². The summed E-state index contributed by atoms with van der Waals surface area (Å²) in [5.41, 5.74) is 2.02. The lowest BCUT2D eigenvalue weighted by molar-refractivity contribution is -0.169. The van der Waals surface area contributed by atoms with Gasteiger partial charge in [-0.2, -0.15) is 13.2 Å². The quantitative estimate of drug-likeness (QED) is 0.737. The van der Waals surface area contributed by atoms with Crippen molar-refractivity contribution in [2.75, 3.05) is 6.26 Å². The second-order valence-electron chi connectivity index (χ2n) is 7.04. The van der Waals surface area contributed by atoms with E-state index in [0.717, 1.165) is 17.9 Å². The van der Waals surface area contributed by atoms with E-state index in [1.807, 2.05) is 0 Å². The lowest BCUT2D eigenvalue weighted by Crippen LogP contribution is -2.32. The minimum atomic E-state index is -4.69. The zero-order valence-corrected chi connectivity index (χ0v) is 16.8. The predicted octanol–water partition coefficient (Wildman–Crippen LogP) is 3.55. The van der Waals surface area contributed by atoms with E-state index < -0.39 is 33.8 Å². The number of benzene rings is 1. The summed E-state index contributed by atoms with van der Waals surface area (Å²) >= 11 is 0. The number of ketones is 1. The highest BCUT2D eigenvalue weighted by Gasteiger charge is 2.45. The second-order valence-corrected chi connectivity index (χ2v) is 9.06. The number of sulfone groups is 1. The number of allylic oxidation sites excluding steroid dienone is 3. The van der Waals surface area contributed by atoms with Crippen molar-refractivity contribution in [3.8, 4) is 0 Å². The minimum Gasteiger partial charge on any atom is -0.293 e. The normalized spacial score (nSPS) is 23.0. The summed E-state index contributed by atoms with van der Waals surface area (Å²) in [5.74, 6) is -3.34. The fourth-order valence-electron chi connectivity index (χ4n) is 3.14. The SMILES string of the molecule is CC1=[C]C(=O)C(C(F)(F)F)C=C1C1C=C(C)N(Cc2ccc(S(C)(=O)=O)cc2)O1. The molecule has 2 atom stereocenters. The Morgan fingerprint density at radius 3 is 2.31 bits per heavy atom. The highest BCUT2D eigenvalue weighted by atomic mass is 32.2. The monoisotopic (exact) mass is 426 g/mol. The van der Waals surface area contributed by atoms with Gasteiger partial charge in [-0.3, -0.25) is 14.7 Å². The van der Waals surface area contributed by atoms with E-state index in [2.05, 4.69) is 6.08 Å². The Kier molecular flexibility index (Phi) is 5.48. The molecule has 2 aliphatic rings. The van der Waals surface area contributed by atoms with Crippen LogP contribution in [-0.2, 0) is 26.0 Å². The molecular weight excluding hydrogens is 407 g/mol. The molecule has 1 radical (unpaired) electrons. The number of Topliss-reactive ketones (excluding diaryl/α,β-unsaturated/α-hetero) is 1. The zero-order chi connectivity index (χ0) is 21.6. The number of hydroxylamine groups is 2. The highest BCUT2D eigenvalue weighted by molar-refractivity contribution is 7.90. The third kappa shape index (κ3) is 4.62. The van der Waals surface area contributed by atoms with Crippen molar-refractivity contribution >= 4 is 15.6 Å². The average molecular weight is 426 g/mol. The molecule has 0 spiro atoms. The van der Waals surface area contributed by atoms with Gasteiger partial charge in [0, 0.05) is 18.0 Å². The van der Waals surface area contributed by atoms with E-state index in [-0.39, 0.29) is 17.0 Å². The summed E-state index contributed by atoms with van der Waals surface area (Å²) in [6.45, 7) is 3.56. The molecule has 155 valence electrons. The highest BCUT2D eigenvalue weighted by Crippen LogP contribution is 2.37. The summed E-state index contributed by atoms with van der Waals surface area (Å²) in [5, 5.41) is 1.52. The number of carbonyl (C=O) groups excluding carboxylic acids is 1. The molecule has 0 amide bonds. The first-order valence-electron chi connectivity index (χ1n) is 8.71. The van der Waals surface area contributed by atoms with Crippen LogP contribution in [0.4, 0.5) is 13.2 Å². The molecule has 0 saturated heterocycles. The Balaban J connectivity index is 1.77. The molecule has 0 aromatic heterocycles. The number of nitrogens with zero attached hydrogens (tertiary/aromatic N) is 1. The first-order chi connectivity index (χ1) is 13.4. The fourth-order valence-corrected chi connectivity index (χ4v) is 3.77. The molecule has 0 bridgehead atoms. The molecular formula is C20H19F3NO4S. The largest absolute Gasteiger partial charge is 0.402 e. The van der Waals surface area contributed by atoms with Crippen LogP contribution in [0.5, 0.6) is 0 Å². The van der Waals surface area contributed by atoms with E-state index >= 15 is 0 Å². The van der Waals surface area contributed by atoms with Crippen molar-refractivity contribution in [3.05, 3.63) is 64.9 Å². The van der Waals surface area contributed by atoms with Gasteiger partial charge in [0.2, 0.25) is 0 Å². The summed E-state index contributed by atoms with van der Waals surface area (Å²) in [4.78, 5) is 17.7. The summed E-state index contributed by atoms with van der Waals surface area (Å²) in [7, 11) is -3.30. The van der Waals surface area contributed by atoms with Crippen molar-refractivity contribution in [2.45, 2.75) is 37.6 Å². The van der Waals surface area contributed by atoms with Gasteiger partial charge in [-0.05, 0) is 48.8 Å². The van der Waals surface area contributed by atoms with Gasteiger partial charge in [0.05, 0.1) is 11.4 Å².